The number of benzene rings is 1. The summed E-state index contributed by atoms with van der Waals surface area (Å²) in [6.45, 7) is -0.318. The second kappa shape index (κ2) is 6.06. The molecule has 0 aliphatic rings. The van der Waals surface area contributed by atoms with Crippen LogP contribution in [0.3, 0.4) is 0 Å². The third-order valence-electron chi connectivity index (χ3n) is 2.67. The number of ether oxygens (including phenoxy) is 1. The topological polar surface area (TPSA) is 115 Å². The molecule has 1 amide bonds. The summed E-state index contributed by atoms with van der Waals surface area (Å²) in [5.41, 5.74) is -0.0276. The van der Waals surface area contributed by atoms with Gasteiger partial charge in [-0.15, -0.1) is 0 Å². The molecule has 0 bridgehead atoms. The third-order valence-corrected chi connectivity index (χ3v) is 2.67. The van der Waals surface area contributed by atoms with Gasteiger partial charge in [-0.25, -0.2) is 0 Å². The molecule has 0 aliphatic carbocycles. The molecule has 0 spiro atoms. The van der Waals surface area contributed by atoms with Crippen LogP contribution in [-0.4, -0.2) is 23.0 Å². The van der Waals surface area contributed by atoms with Crippen LogP contribution in [0.1, 0.15) is 16.3 Å². The lowest BCUT2D eigenvalue weighted by Crippen LogP contribution is -2.11. The van der Waals surface area contributed by atoms with E-state index in [1.54, 1.807) is 0 Å². The zero-order valence-electron chi connectivity index (χ0n) is 11.0. The van der Waals surface area contributed by atoms with Crippen molar-refractivity contribution in [3.63, 3.8) is 0 Å². The van der Waals surface area contributed by atoms with E-state index in [-0.39, 0.29) is 35.3 Å². The van der Waals surface area contributed by atoms with E-state index in [4.69, 9.17) is 14.3 Å². The number of amides is 1. The number of nitro groups is 1. The second-order valence-corrected chi connectivity index (χ2v) is 4.02. The number of nitro benzene ring substituents is 1. The summed E-state index contributed by atoms with van der Waals surface area (Å²) in [7, 11) is 1.32. The molecule has 0 radical (unpaired) electrons. The van der Waals surface area contributed by atoms with E-state index in [2.05, 4.69) is 5.32 Å². The molecule has 8 heteroatoms. The van der Waals surface area contributed by atoms with E-state index in [1.165, 1.54) is 37.4 Å². The number of methoxy groups -OCH3 is 1. The van der Waals surface area contributed by atoms with Gasteiger partial charge in [0.05, 0.1) is 12.0 Å². The molecule has 8 nitrogen and oxygen atoms in total. The van der Waals surface area contributed by atoms with E-state index in [0.29, 0.717) is 0 Å². The Bertz CT molecular complexity index is 679. The van der Waals surface area contributed by atoms with Gasteiger partial charge in [0.25, 0.3) is 5.91 Å². The minimum atomic E-state index is -0.606. The number of anilines is 1. The predicted molar refractivity (Wildman–Crippen MR) is 72.2 cm³/mol. The number of hydrogen-bond acceptors (Lipinski definition) is 6. The van der Waals surface area contributed by atoms with Crippen LogP contribution in [-0.2, 0) is 6.61 Å². The van der Waals surface area contributed by atoms with E-state index < -0.39 is 10.8 Å². The Morgan fingerprint density at radius 2 is 2.19 bits per heavy atom. The van der Waals surface area contributed by atoms with E-state index >= 15 is 0 Å². The Kier molecular flexibility index (Phi) is 4.19. The highest BCUT2D eigenvalue weighted by atomic mass is 16.6. The lowest BCUT2D eigenvalue weighted by atomic mass is 10.2. The average molecular weight is 292 g/mol. The first-order valence-corrected chi connectivity index (χ1v) is 5.88. The Balaban J connectivity index is 2.21. The quantitative estimate of drug-likeness (QED) is 0.642. The van der Waals surface area contributed by atoms with Gasteiger partial charge in [-0.1, -0.05) is 0 Å². The van der Waals surface area contributed by atoms with Crippen molar-refractivity contribution in [3.05, 3.63) is 52.0 Å². The molecular formula is C13H12N2O6. The normalized spacial score (nSPS) is 10.2. The number of aliphatic hydroxyl groups excluding tert-OH is 1. The Hall–Kier alpha value is -2.87. The summed E-state index contributed by atoms with van der Waals surface area (Å²) in [6.07, 6.45) is 0. The highest BCUT2D eigenvalue weighted by Crippen LogP contribution is 2.29. The zero-order chi connectivity index (χ0) is 15.4. The first-order chi connectivity index (χ1) is 10.0. The van der Waals surface area contributed by atoms with Gasteiger partial charge < -0.3 is 19.6 Å². The fraction of sp³-hybridized carbons (Fsp3) is 0.154. The fourth-order valence-electron chi connectivity index (χ4n) is 1.69. The predicted octanol–water partition coefficient (Wildman–Crippen LogP) is 1.94. The standard InChI is InChI=1S/C13H12N2O6/c1-20-11-4-2-8(6-10(11)15(18)19)14-13(17)12-5-3-9(7-16)21-12/h2-6,16H,7H2,1H3,(H,14,17). The van der Waals surface area contributed by atoms with Crippen LogP contribution >= 0.6 is 0 Å². The average Bonchev–Trinajstić information content (AvgIpc) is 2.96. The first-order valence-electron chi connectivity index (χ1n) is 5.88. The van der Waals surface area contributed by atoms with Crippen LogP contribution in [0.5, 0.6) is 5.75 Å². The molecular weight excluding hydrogens is 280 g/mol. The van der Waals surface area contributed by atoms with Gasteiger partial charge >= 0.3 is 5.69 Å². The molecule has 0 unspecified atom stereocenters. The highest BCUT2D eigenvalue weighted by molar-refractivity contribution is 6.02. The SMILES string of the molecule is COc1ccc(NC(=O)c2ccc(CO)o2)cc1[N+](=O)[O-]. The van der Waals surface area contributed by atoms with E-state index in [1.807, 2.05) is 0 Å². The number of rotatable bonds is 5. The van der Waals surface area contributed by atoms with Crippen LogP contribution in [0.15, 0.2) is 34.7 Å². The molecule has 0 fully saturated rings. The summed E-state index contributed by atoms with van der Waals surface area (Å²) >= 11 is 0. The van der Waals surface area contributed by atoms with Crippen molar-refractivity contribution in [3.8, 4) is 5.75 Å². The molecule has 0 atom stereocenters. The molecule has 1 aromatic carbocycles. The Labute approximate surface area is 119 Å². The molecule has 0 aliphatic heterocycles. The van der Waals surface area contributed by atoms with E-state index in [0.717, 1.165) is 0 Å². The van der Waals surface area contributed by atoms with Gasteiger partial charge in [0, 0.05) is 11.8 Å². The van der Waals surface area contributed by atoms with Crippen molar-refractivity contribution < 1.29 is 24.0 Å². The number of nitrogens with one attached hydrogen (secondary N) is 1. The molecule has 2 aromatic rings. The largest absolute Gasteiger partial charge is 0.490 e. The number of nitrogens with zero attached hydrogens (tertiary/aromatic N) is 1. The van der Waals surface area contributed by atoms with Crippen LogP contribution in [0.4, 0.5) is 11.4 Å². The highest BCUT2D eigenvalue weighted by Gasteiger charge is 2.17. The van der Waals surface area contributed by atoms with Gasteiger partial charge in [0.1, 0.15) is 12.4 Å². The van der Waals surface area contributed by atoms with Crippen molar-refractivity contribution in [1.29, 1.82) is 0 Å². The maximum Gasteiger partial charge on any atom is 0.312 e. The van der Waals surface area contributed by atoms with Crippen LogP contribution in [0.2, 0.25) is 0 Å². The Morgan fingerprint density at radius 3 is 2.76 bits per heavy atom. The molecule has 2 rings (SSSR count). The number of aliphatic hydroxyl groups is 1. The van der Waals surface area contributed by atoms with Crippen molar-refractivity contribution >= 4 is 17.3 Å². The second-order valence-electron chi connectivity index (χ2n) is 4.02. The van der Waals surface area contributed by atoms with Crippen LogP contribution < -0.4 is 10.1 Å². The van der Waals surface area contributed by atoms with Crippen molar-refractivity contribution in [2.75, 3.05) is 12.4 Å². The van der Waals surface area contributed by atoms with Gasteiger partial charge in [-0.3, -0.25) is 14.9 Å². The lowest BCUT2D eigenvalue weighted by molar-refractivity contribution is -0.385. The summed E-state index contributed by atoms with van der Waals surface area (Å²) in [4.78, 5) is 22.2. The van der Waals surface area contributed by atoms with Crippen LogP contribution in [0, 0.1) is 10.1 Å². The Morgan fingerprint density at radius 1 is 1.43 bits per heavy atom. The fourth-order valence-corrected chi connectivity index (χ4v) is 1.69. The monoisotopic (exact) mass is 292 g/mol. The van der Waals surface area contributed by atoms with E-state index in [9.17, 15) is 14.9 Å². The summed E-state index contributed by atoms with van der Waals surface area (Å²) < 4.78 is 9.94. The van der Waals surface area contributed by atoms with Crippen molar-refractivity contribution in [1.82, 2.24) is 0 Å². The summed E-state index contributed by atoms with van der Waals surface area (Å²) in [5, 5.41) is 22.2. The number of carbonyl (C=O) groups excluding carboxylic acids is 1. The molecule has 21 heavy (non-hydrogen) atoms. The van der Waals surface area contributed by atoms with Gasteiger partial charge in [-0.2, -0.15) is 0 Å². The van der Waals surface area contributed by atoms with Gasteiger partial charge in [-0.05, 0) is 24.3 Å². The number of furan rings is 1. The van der Waals surface area contributed by atoms with Gasteiger partial charge in [0.15, 0.2) is 11.5 Å². The maximum atomic E-state index is 11.9. The first kappa shape index (κ1) is 14.5. The van der Waals surface area contributed by atoms with Crippen molar-refractivity contribution in [2.24, 2.45) is 0 Å². The van der Waals surface area contributed by atoms with Gasteiger partial charge in [0.2, 0.25) is 0 Å². The molecule has 1 aromatic heterocycles. The minimum absolute atomic E-state index is 0.00230. The van der Waals surface area contributed by atoms with Crippen LogP contribution in [0.25, 0.3) is 0 Å². The minimum Gasteiger partial charge on any atom is -0.490 e. The summed E-state index contributed by atoms with van der Waals surface area (Å²) in [5.74, 6) is -0.230. The number of carbonyl (C=O) groups is 1. The lowest BCUT2D eigenvalue weighted by Gasteiger charge is -2.06. The molecule has 0 saturated heterocycles. The zero-order valence-corrected chi connectivity index (χ0v) is 11.0. The molecule has 110 valence electrons. The number of hydrogen-bond donors (Lipinski definition) is 2. The third kappa shape index (κ3) is 3.18. The smallest absolute Gasteiger partial charge is 0.312 e. The maximum absolute atomic E-state index is 11.9. The molecule has 0 saturated carbocycles. The molecule has 2 N–H and O–H groups in total. The summed E-state index contributed by atoms with van der Waals surface area (Å²) in [6, 6.07) is 6.91. The molecule has 1 heterocycles. The van der Waals surface area contributed by atoms with Crippen molar-refractivity contribution in [2.45, 2.75) is 6.61 Å².